The number of nitrogens with one attached hydrogen (secondary N) is 1. The van der Waals surface area contributed by atoms with Gasteiger partial charge in [0, 0.05) is 5.02 Å². The molecule has 1 heterocycles. The molecule has 0 unspecified atom stereocenters. The van der Waals surface area contributed by atoms with E-state index in [2.05, 4.69) is 4.98 Å². The number of halogens is 2. The van der Waals surface area contributed by atoms with Crippen LogP contribution in [0, 0.1) is 4.77 Å². The Morgan fingerprint density at radius 3 is 3.00 bits per heavy atom. The predicted molar refractivity (Wildman–Crippen MR) is 58.1 cm³/mol. The quantitative estimate of drug-likeness (QED) is 0.785. The summed E-state index contributed by atoms with van der Waals surface area (Å²) in [5, 5.41) is 0.624. The van der Waals surface area contributed by atoms with Gasteiger partial charge in [-0.15, -0.1) is 0 Å². The minimum Gasteiger partial charge on any atom is -0.331 e. The zero-order chi connectivity index (χ0) is 10.1. The highest BCUT2D eigenvalue weighted by Crippen LogP contribution is 2.19. The summed E-state index contributed by atoms with van der Waals surface area (Å²) < 4.78 is 14.5. The summed E-state index contributed by atoms with van der Waals surface area (Å²) >= 11 is 10.9. The van der Waals surface area contributed by atoms with Gasteiger partial charge in [-0.2, -0.15) is 0 Å². The Kier molecular flexibility index (Phi) is 2.56. The maximum absolute atomic E-state index is 12.3. The standard InChI is InChI=1S/C9H8ClFN2S/c10-6-1-2-7-8(5-6)13(4-3-11)9(14)12-7/h1-2,5H,3-4H2,(H,12,14). The molecule has 74 valence electrons. The van der Waals surface area contributed by atoms with Crippen LogP contribution in [0.2, 0.25) is 5.02 Å². The Morgan fingerprint density at radius 1 is 1.50 bits per heavy atom. The van der Waals surface area contributed by atoms with E-state index >= 15 is 0 Å². The minimum atomic E-state index is -0.437. The van der Waals surface area contributed by atoms with Crippen LogP contribution in [0.15, 0.2) is 18.2 Å². The molecule has 0 spiro atoms. The van der Waals surface area contributed by atoms with Crippen LogP contribution in [0.3, 0.4) is 0 Å². The molecule has 0 aliphatic rings. The highest BCUT2D eigenvalue weighted by atomic mass is 35.5. The number of nitrogens with zero attached hydrogens (tertiary/aromatic N) is 1. The van der Waals surface area contributed by atoms with Gasteiger partial charge >= 0.3 is 0 Å². The van der Waals surface area contributed by atoms with Crippen molar-refractivity contribution in [2.24, 2.45) is 0 Å². The van der Waals surface area contributed by atoms with E-state index in [0.717, 1.165) is 11.0 Å². The Hall–Kier alpha value is -0.870. The average molecular weight is 231 g/mol. The third kappa shape index (κ3) is 1.55. The number of imidazole rings is 1. The van der Waals surface area contributed by atoms with Crippen molar-refractivity contribution >= 4 is 34.9 Å². The summed E-state index contributed by atoms with van der Waals surface area (Å²) in [5.41, 5.74) is 1.73. The maximum Gasteiger partial charge on any atom is 0.178 e. The van der Waals surface area contributed by atoms with E-state index < -0.39 is 6.67 Å². The number of aromatic amines is 1. The van der Waals surface area contributed by atoms with Crippen molar-refractivity contribution in [2.45, 2.75) is 6.54 Å². The van der Waals surface area contributed by atoms with Gasteiger partial charge in [0.2, 0.25) is 0 Å². The molecule has 0 radical (unpaired) electrons. The number of benzene rings is 1. The molecule has 2 nitrogen and oxygen atoms in total. The molecule has 0 saturated carbocycles. The van der Waals surface area contributed by atoms with Gasteiger partial charge in [-0.05, 0) is 30.4 Å². The summed E-state index contributed by atoms with van der Waals surface area (Å²) in [6.07, 6.45) is 0. The summed E-state index contributed by atoms with van der Waals surface area (Å²) in [7, 11) is 0. The molecule has 2 rings (SSSR count). The normalized spacial score (nSPS) is 11.0. The second kappa shape index (κ2) is 3.71. The van der Waals surface area contributed by atoms with Crippen LogP contribution in [0.25, 0.3) is 11.0 Å². The fourth-order valence-corrected chi connectivity index (χ4v) is 1.90. The first-order chi connectivity index (χ1) is 6.72. The third-order valence-corrected chi connectivity index (χ3v) is 2.60. The number of aryl methyl sites for hydroxylation is 1. The van der Waals surface area contributed by atoms with Gasteiger partial charge in [0.05, 0.1) is 17.6 Å². The smallest absolute Gasteiger partial charge is 0.178 e. The number of hydrogen-bond acceptors (Lipinski definition) is 1. The fourth-order valence-electron chi connectivity index (χ4n) is 1.43. The van der Waals surface area contributed by atoms with E-state index in [9.17, 15) is 4.39 Å². The SMILES string of the molecule is FCCn1c(=S)[nH]c2ccc(Cl)cc21. The minimum absolute atomic E-state index is 0.263. The molecule has 0 saturated heterocycles. The van der Waals surface area contributed by atoms with Crippen LogP contribution in [0.5, 0.6) is 0 Å². The van der Waals surface area contributed by atoms with Crippen LogP contribution in [-0.2, 0) is 6.54 Å². The summed E-state index contributed by atoms with van der Waals surface area (Å²) in [6, 6.07) is 5.38. The zero-order valence-electron chi connectivity index (χ0n) is 7.26. The van der Waals surface area contributed by atoms with Gasteiger partial charge in [-0.25, -0.2) is 4.39 Å². The van der Waals surface area contributed by atoms with Crippen LogP contribution >= 0.6 is 23.8 Å². The average Bonchev–Trinajstić information content (AvgIpc) is 2.45. The Morgan fingerprint density at radius 2 is 2.29 bits per heavy atom. The molecule has 1 aromatic carbocycles. The number of rotatable bonds is 2. The molecule has 0 aliphatic carbocycles. The molecule has 0 bridgehead atoms. The molecule has 0 amide bonds. The second-order valence-corrected chi connectivity index (χ2v) is 3.76. The Bertz CT molecular complexity index is 517. The molecule has 1 N–H and O–H groups in total. The van der Waals surface area contributed by atoms with E-state index in [1.54, 1.807) is 16.7 Å². The fraction of sp³-hybridized carbons (Fsp3) is 0.222. The molecule has 0 fully saturated rings. The Labute approximate surface area is 90.3 Å². The van der Waals surface area contributed by atoms with E-state index in [0.29, 0.717) is 9.79 Å². The van der Waals surface area contributed by atoms with Gasteiger partial charge in [0.1, 0.15) is 6.67 Å². The molecule has 5 heteroatoms. The molecular weight excluding hydrogens is 223 g/mol. The summed E-state index contributed by atoms with van der Waals surface area (Å²) in [5.74, 6) is 0. The largest absolute Gasteiger partial charge is 0.331 e. The number of alkyl halides is 1. The molecule has 1 aromatic heterocycles. The van der Waals surface area contributed by atoms with E-state index in [1.807, 2.05) is 6.07 Å². The first kappa shape index (κ1) is 9.68. The predicted octanol–water partition coefficient (Wildman–Crippen LogP) is 3.32. The van der Waals surface area contributed by atoms with Crippen molar-refractivity contribution in [1.82, 2.24) is 9.55 Å². The van der Waals surface area contributed by atoms with Crippen LogP contribution in [-0.4, -0.2) is 16.2 Å². The Balaban J connectivity index is 2.73. The lowest BCUT2D eigenvalue weighted by Crippen LogP contribution is -1.98. The molecule has 14 heavy (non-hydrogen) atoms. The topological polar surface area (TPSA) is 20.7 Å². The number of aromatic nitrogens is 2. The van der Waals surface area contributed by atoms with Gasteiger partial charge in [-0.3, -0.25) is 0 Å². The van der Waals surface area contributed by atoms with Gasteiger partial charge < -0.3 is 9.55 Å². The van der Waals surface area contributed by atoms with Gasteiger partial charge in [-0.1, -0.05) is 11.6 Å². The number of hydrogen-bond donors (Lipinski definition) is 1. The van der Waals surface area contributed by atoms with Crippen molar-refractivity contribution in [3.63, 3.8) is 0 Å². The lowest BCUT2D eigenvalue weighted by Gasteiger charge is -1.99. The molecule has 0 aliphatic heterocycles. The van der Waals surface area contributed by atoms with E-state index in [1.165, 1.54) is 0 Å². The van der Waals surface area contributed by atoms with E-state index in [4.69, 9.17) is 23.8 Å². The number of fused-ring (bicyclic) bond motifs is 1. The van der Waals surface area contributed by atoms with Crippen molar-refractivity contribution in [3.05, 3.63) is 28.0 Å². The lowest BCUT2D eigenvalue weighted by molar-refractivity contribution is 0.448. The molecule has 0 atom stereocenters. The van der Waals surface area contributed by atoms with Crippen molar-refractivity contribution in [3.8, 4) is 0 Å². The first-order valence-electron chi connectivity index (χ1n) is 4.16. The van der Waals surface area contributed by atoms with E-state index in [-0.39, 0.29) is 6.54 Å². The van der Waals surface area contributed by atoms with Crippen LogP contribution < -0.4 is 0 Å². The van der Waals surface area contributed by atoms with Crippen molar-refractivity contribution in [1.29, 1.82) is 0 Å². The highest BCUT2D eigenvalue weighted by Gasteiger charge is 2.03. The highest BCUT2D eigenvalue weighted by molar-refractivity contribution is 7.71. The first-order valence-corrected chi connectivity index (χ1v) is 4.95. The zero-order valence-corrected chi connectivity index (χ0v) is 8.83. The number of H-pyrrole nitrogens is 1. The van der Waals surface area contributed by atoms with Crippen molar-refractivity contribution in [2.75, 3.05) is 6.67 Å². The maximum atomic E-state index is 12.3. The molecular formula is C9H8ClFN2S. The molecule has 2 aromatic rings. The van der Waals surface area contributed by atoms with Gasteiger partial charge in [0.25, 0.3) is 0 Å². The van der Waals surface area contributed by atoms with Gasteiger partial charge in [0.15, 0.2) is 4.77 Å². The summed E-state index contributed by atoms with van der Waals surface area (Å²) in [6.45, 7) is -0.174. The third-order valence-electron chi connectivity index (χ3n) is 2.05. The lowest BCUT2D eigenvalue weighted by atomic mass is 10.3. The van der Waals surface area contributed by atoms with Crippen LogP contribution in [0.1, 0.15) is 0 Å². The van der Waals surface area contributed by atoms with Crippen LogP contribution in [0.4, 0.5) is 4.39 Å². The van der Waals surface area contributed by atoms with Crippen molar-refractivity contribution < 1.29 is 4.39 Å². The monoisotopic (exact) mass is 230 g/mol. The second-order valence-electron chi connectivity index (χ2n) is 2.93. The summed E-state index contributed by atoms with van der Waals surface area (Å²) in [4.78, 5) is 2.99.